The van der Waals surface area contributed by atoms with Crippen LogP contribution in [-0.2, 0) is 6.42 Å². The van der Waals surface area contributed by atoms with Gasteiger partial charge in [-0.2, -0.15) is 0 Å². The number of hydrogen-bond donors (Lipinski definition) is 2. The summed E-state index contributed by atoms with van der Waals surface area (Å²) < 4.78 is 0. The first-order valence-electron chi connectivity index (χ1n) is 4.14. The fraction of sp³-hybridized carbons (Fsp3) is 0.556. The minimum atomic E-state index is 0.643. The van der Waals surface area contributed by atoms with Crippen molar-refractivity contribution in [1.29, 1.82) is 0 Å². The molecule has 0 aliphatic rings. The monoisotopic (exact) mass is 152 g/mol. The second-order valence-electron chi connectivity index (χ2n) is 3.10. The van der Waals surface area contributed by atoms with Gasteiger partial charge in [-0.3, -0.25) is 0 Å². The largest absolute Gasteiger partial charge is 0.367 e. The quantitative estimate of drug-likeness (QED) is 0.675. The standard InChI is InChI=1S/C9H16N2/c1-8(6-10)2-3-9-4-5-11-7-9/h4-5,7-8,11H,2-3,6,10H2,1H3. The van der Waals surface area contributed by atoms with E-state index in [0.29, 0.717) is 5.92 Å². The smallest absolute Gasteiger partial charge is 0.00373 e. The maximum absolute atomic E-state index is 5.50. The summed E-state index contributed by atoms with van der Waals surface area (Å²) in [7, 11) is 0. The van der Waals surface area contributed by atoms with E-state index in [9.17, 15) is 0 Å². The maximum atomic E-state index is 5.50. The van der Waals surface area contributed by atoms with Crippen molar-refractivity contribution in [3.63, 3.8) is 0 Å². The molecule has 0 bridgehead atoms. The number of aromatic amines is 1. The number of H-pyrrole nitrogens is 1. The third-order valence-electron chi connectivity index (χ3n) is 1.99. The van der Waals surface area contributed by atoms with Gasteiger partial charge in [0.15, 0.2) is 0 Å². The van der Waals surface area contributed by atoms with Gasteiger partial charge in [-0.05, 0) is 36.9 Å². The lowest BCUT2D eigenvalue weighted by Gasteiger charge is -2.05. The summed E-state index contributed by atoms with van der Waals surface area (Å²) in [5.41, 5.74) is 6.88. The number of aryl methyl sites for hydroxylation is 1. The maximum Gasteiger partial charge on any atom is 0.00373 e. The third kappa shape index (κ3) is 2.76. The predicted octanol–water partition coefficient (Wildman–Crippen LogP) is 1.54. The highest BCUT2D eigenvalue weighted by Gasteiger charge is 1.99. The van der Waals surface area contributed by atoms with Crippen molar-refractivity contribution in [3.8, 4) is 0 Å². The van der Waals surface area contributed by atoms with Gasteiger partial charge in [0, 0.05) is 12.4 Å². The van der Waals surface area contributed by atoms with Crippen molar-refractivity contribution < 1.29 is 0 Å². The van der Waals surface area contributed by atoms with E-state index < -0.39 is 0 Å². The molecule has 0 radical (unpaired) electrons. The van der Waals surface area contributed by atoms with Crippen LogP contribution >= 0.6 is 0 Å². The predicted molar refractivity (Wildman–Crippen MR) is 47.3 cm³/mol. The highest BCUT2D eigenvalue weighted by molar-refractivity contribution is 5.08. The summed E-state index contributed by atoms with van der Waals surface area (Å²) in [6.45, 7) is 2.98. The molecular weight excluding hydrogens is 136 g/mol. The second kappa shape index (κ2) is 4.19. The molecule has 0 amide bonds. The van der Waals surface area contributed by atoms with Gasteiger partial charge in [0.1, 0.15) is 0 Å². The van der Waals surface area contributed by atoms with Crippen LogP contribution in [0, 0.1) is 5.92 Å². The summed E-state index contributed by atoms with van der Waals surface area (Å²) in [4.78, 5) is 3.04. The van der Waals surface area contributed by atoms with Gasteiger partial charge in [0.05, 0.1) is 0 Å². The summed E-state index contributed by atoms with van der Waals surface area (Å²) in [5, 5.41) is 0. The molecule has 1 aromatic rings. The van der Waals surface area contributed by atoms with Crippen LogP contribution in [0.5, 0.6) is 0 Å². The van der Waals surface area contributed by atoms with E-state index >= 15 is 0 Å². The van der Waals surface area contributed by atoms with Crippen LogP contribution in [0.1, 0.15) is 18.9 Å². The van der Waals surface area contributed by atoms with E-state index in [4.69, 9.17) is 5.73 Å². The van der Waals surface area contributed by atoms with E-state index in [2.05, 4.69) is 18.0 Å². The Bertz CT molecular complexity index is 179. The number of rotatable bonds is 4. The molecule has 1 rings (SSSR count). The molecule has 3 N–H and O–H groups in total. The molecule has 0 saturated heterocycles. The topological polar surface area (TPSA) is 41.8 Å². The Morgan fingerprint density at radius 2 is 2.45 bits per heavy atom. The van der Waals surface area contributed by atoms with E-state index in [1.807, 2.05) is 12.4 Å². The van der Waals surface area contributed by atoms with Crippen LogP contribution < -0.4 is 5.73 Å². The number of nitrogens with two attached hydrogens (primary N) is 1. The molecule has 0 aromatic carbocycles. The highest BCUT2D eigenvalue weighted by atomic mass is 14.6. The van der Waals surface area contributed by atoms with Gasteiger partial charge in [0.2, 0.25) is 0 Å². The van der Waals surface area contributed by atoms with Crippen molar-refractivity contribution in [1.82, 2.24) is 4.98 Å². The van der Waals surface area contributed by atoms with Gasteiger partial charge in [-0.1, -0.05) is 6.92 Å². The minimum Gasteiger partial charge on any atom is -0.367 e. The molecule has 2 nitrogen and oxygen atoms in total. The number of aromatic nitrogens is 1. The molecule has 1 aromatic heterocycles. The zero-order chi connectivity index (χ0) is 8.10. The average Bonchev–Trinajstić information content (AvgIpc) is 2.52. The molecule has 1 heterocycles. The van der Waals surface area contributed by atoms with Crippen LogP contribution in [0.15, 0.2) is 18.5 Å². The van der Waals surface area contributed by atoms with E-state index in [1.54, 1.807) is 0 Å². The van der Waals surface area contributed by atoms with Gasteiger partial charge in [-0.25, -0.2) is 0 Å². The van der Waals surface area contributed by atoms with Gasteiger partial charge in [-0.15, -0.1) is 0 Å². The minimum absolute atomic E-state index is 0.643. The Morgan fingerprint density at radius 1 is 1.64 bits per heavy atom. The van der Waals surface area contributed by atoms with Crippen LogP contribution in [0.25, 0.3) is 0 Å². The van der Waals surface area contributed by atoms with Crippen LogP contribution in [-0.4, -0.2) is 11.5 Å². The molecule has 62 valence electrons. The molecule has 0 fully saturated rings. The van der Waals surface area contributed by atoms with Gasteiger partial charge < -0.3 is 10.7 Å². The molecule has 0 aliphatic heterocycles. The Morgan fingerprint density at radius 3 is 3.00 bits per heavy atom. The van der Waals surface area contributed by atoms with Crippen LogP contribution in [0.3, 0.4) is 0 Å². The molecule has 1 atom stereocenters. The van der Waals surface area contributed by atoms with Crippen molar-refractivity contribution in [3.05, 3.63) is 24.0 Å². The normalized spacial score (nSPS) is 13.3. The fourth-order valence-corrected chi connectivity index (χ4v) is 1.04. The van der Waals surface area contributed by atoms with Crippen molar-refractivity contribution in [2.75, 3.05) is 6.54 Å². The molecule has 1 unspecified atom stereocenters. The Labute approximate surface area is 67.8 Å². The molecule has 11 heavy (non-hydrogen) atoms. The zero-order valence-electron chi connectivity index (χ0n) is 7.01. The van der Waals surface area contributed by atoms with Crippen molar-refractivity contribution >= 4 is 0 Å². The summed E-state index contributed by atoms with van der Waals surface area (Å²) in [6, 6.07) is 2.11. The third-order valence-corrected chi connectivity index (χ3v) is 1.99. The lowest BCUT2D eigenvalue weighted by Crippen LogP contribution is -2.11. The Hall–Kier alpha value is -0.760. The summed E-state index contributed by atoms with van der Waals surface area (Å²) in [5.74, 6) is 0.643. The van der Waals surface area contributed by atoms with Crippen molar-refractivity contribution in [2.45, 2.75) is 19.8 Å². The van der Waals surface area contributed by atoms with Gasteiger partial charge in [0.25, 0.3) is 0 Å². The molecule has 2 heteroatoms. The average molecular weight is 152 g/mol. The van der Waals surface area contributed by atoms with Crippen LogP contribution in [0.4, 0.5) is 0 Å². The van der Waals surface area contributed by atoms with E-state index in [1.165, 1.54) is 12.0 Å². The highest BCUT2D eigenvalue weighted by Crippen LogP contribution is 2.06. The van der Waals surface area contributed by atoms with Crippen molar-refractivity contribution in [2.24, 2.45) is 11.7 Å². The summed E-state index contributed by atoms with van der Waals surface area (Å²) >= 11 is 0. The zero-order valence-corrected chi connectivity index (χ0v) is 7.01. The Kier molecular flexibility index (Phi) is 3.17. The second-order valence-corrected chi connectivity index (χ2v) is 3.10. The Balaban J connectivity index is 2.23. The molecule has 0 saturated carbocycles. The van der Waals surface area contributed by atoms with Gasteiger partial charge >= 0.3 is 0 Å². The SMILES string of the molecule is CC(CN)CCc1cc[nH]c1. The first kappa shape index (κ1) is 8.34. The lowest BCUT2D eigenvalue weighted by atomic mass is 10.0. The van der Waals surface area contributed by atoms with E-state index in [0.717, 1.165) is 13.0 Å². The van der Waals surface area contributed by atoms with Crippen LogP contribution in [0.2, 0.25) is 0 Å². The molecular formula is C9H16N2. The first-order valence-corrected chi connectivity index (χ1v) is 4.14. The number of nitrogens with one attached hydrogen (secondary N) is 1. The molecule has 0 aliphatic carbocycles. The lowest BCUT2D eigenvalue weighted by molar-refractivity contribution is 0.545. The summed E-state index contributed by atoms with van der Waals surface area (Å²) in [6.07, 6.45) is 6.34. The number of hydrogen-bond acceptors (Lipinski definition) is 1. The fourth-order valence-electron chi connectivity index (χ4n) is 1.04. The first-order chi connectivity index (χ1) is 5.33. The molecule has 0 spiro atoms. The van der Waals surface area contributed by atoms with E-state index in [-0.39, 0.29) is 0 Å².